The number of carbonyl (C=O) groups excluding carboxylic acids is 2. The van der Waals surface area contributed by atoms with Crippen LogP contribution in [-0.4, -0.2) is 79.0 Å². The summed E-state index contributed by atoms with van der Waals surface area (Å²) in [5.41, 5.74) is 1.93. The first kappa shape index (κ1) is 19.7. The van der Waals surface area contributed by atoms with E-state index in [4.69, 9.17) is 0 Å². The van der Waals surface area contributed by atoms with Crippen LogP contribution in [0.2, 0.25) is 0 Å². The third-order valence-corrected chi connectivity index (χ3v) is 5.52. The van der Waals surface area contributed by atoms with E-state index in [9.17, 15) is 9.59 Å². The van der Waals surface area contributed by atoms with Crippen molar-refractivity contribution in [3.8, 4) is 0 Å². The van der Waals surface area contributed by atoms with Crippen molar-refractivity contribution in [1.82, 2.24) is 20.0 Å². The summed E-state index contributed by atoms with van der Waals surface area (Å²) in [4.78, 5) is 31.3. The van der Waals surface area contributed by atoms with Crippen molar-refractivity contribution in [3.63, 3.8) is 0 Å². The standard InChI is InChI=1S/C21H32N4O2/c1-16(2)22-21(27)25-9-5-8-19(15-25)17-6-4-7-18(14-17)20(26)24-12-10-23(3)11-13-24/h4,6-7,14,16,19H,5,8-13,15H2,1-3H3,(H,22,27). The predicted octanol–water partition coefficient (Wildman–Crippen LogP) is 2.37. The van der Waals surface area contributed by atoms with Crippen molar-refractivity contribution < 1.29 is 9.59 Å². The molecule has 1 atom stereocenters. The van der Waals surface area contributed by atoms with Gasteiger partial charge >= 0.3 is 6.03 Å². The van der Waals surface area contributed by atoms with Crippen LogP contribution < -0.4 is 5.32 Å². The number of likely N-dealkylation sites (tertiary alicyclic amines) is 1. The van der Waals surface area contributed by atoms with Crippen LogP contribution in [0, 0.1) is 0 Å². The highest BCUT2D eigenvalue weighted by Crippen LogP contribution is 2.28. The minimum absolute atomic E-state index is 0.0133. The molecule has 0 aromatic heterocycles. The maximum Gasteiger partial charge on any atom is 0.317 e. The third-order valence-electron chi connectivity index (χ3n) is 5.52. The molecule has 3 amide bonds. The zero-order valence-electron chi connectivity index (χ0n) is 16.8. The Labute approximate surface area is 162 Å². The number of hydrogen-bond acceptors (Lipinski definition) is 3. The Morgan fingerprint density at radius 2 is 1.81 bits per heavy atom. The van der Waals surface area contributed by atoms with Crippen molar-refractivity contribution in [2.45, 2.75) is 38.6 Å². The molecule has 2 aliphatic heterocycles. The molecule has 6 heteroatoms. The van der Waals surface area contributed by atoms with Crippen LogP contribution in [0.4, 0.5) is 4.79 Å². The summed E-state index contributed by atoms with van der Waals surface area (Å²) in [5.74, 6) is 0.409. The van der Waals surface area contributed by atoms with Gasteiger partial charge in [-0.15, -0.1) is 0 Å². The van der Waals surface area contributed by atoms with E-state index in [1.807, 2.05) is 41.8 Å². The number of rotatable bonds is 3. The molecular weight excluding hydrogens is 340 g/mol. The Morgan fingerprint density at radius 3 is 2.52 bits per heavy atom. The number of urea groups is 1. The molecule has 0 spiro atoms. The van der Waals surface area contributed by atoms with E-state index in [-0.39, 0.29) is 23.9 Å². The molecule has 2 aliphatic rings. The third kappa shape index (κ3) is 5.01. The summed E-state index contributed by atoms with van der Waals surface area (Å²) in [5, 5.41) is 2.98. The molecule has 0 bridgehead atoms. The van der Waals surface area contributed by atoms with E-state index >= 15 is 0 Å². The average molecular weight is 373 g/mol. The molecule has 2 fully saturated rings. The second kappa shape index (κ2) is 8.74. The fourth-order valence-corrected chi connectivity index (χ4v) is 3.89. The van der Waals surface area contributed by atoms with Gasteiger partial charge in [0.15, 0.2) is 0 Å². The molecule has 27 heavy (non-hydrogen) atoms. The van der Waals surface area contributed by atoms with Gasteiger partial charge in [-0.1, -0.05) is 12.1 Å². The van der Waals surface area contributed by atoms with Crippen molar-refractivity contribution in [3.05, 3.63) is 35.4 Å². The Morgan fingerprint density at radius 1 is 1.07 bits per heavy atom. The smallest absolute Gasteiger partial charge is 0.317 e. The number of benzene rings is 1. The fraction of sp³-hybridized carbons (Fsp3) is 0.619. The van der Waals surface area contributed by atoms with Crippen LogP contribution in [0.1, 0.15) is 48.5 Å². The molecule has 1 unspecified atom stereocenters. The summed E-state index contributed by atoms with van der Waals surface area (Å²) in [7, 11) is 2.09. The highest BCUT2D eigenvalue weighted by atomic mass is 16.2. The lowest BCUT2D eigenvalue weighted by Crippen LogP contribution is -2.47. The first-order valence-corrected chi connectivity index (χ1v) is 10.1. The second-order valence-corrected chi connectivity index (χ2v) is 8.11. The van der Waals surface area contributed by atoms with Gasteiger partial charge in [0.25, 0.3) is 5.91 Å². The molecule has 2 heterocycles. The van der Waals surface area contributed by atoms with Gasteiger partial charge in [0.2, 0.25) is 0 Å². The van der Waals surface area contributed by atoms with Crippen LogP contribution in [-0.2, 0) is 0 Å². The number of likely N-dealkylation sites (N-methyl/N-ethyl adjacent to an activating group) is 1. The Balaban J connectivity index is 1.67. The lowest BCUT2D eigenvalue weighted by atomic mass is 9.89. The molecule has 2 saturated heterocycles. The molecule has 1 N–H and O–H groups in total. The van der Waals surface area contributed by atoms with Crippen LogP contribution >= 0.6 is 0 Å². The Hall–Kier alpha value is -2.08. The number of amides is 3. The summed E-state index contributed by atoms with van der Waals surface area (Å²) in [6.45, 7) is 8.89. The SMILES string of the molecule is CC(C)NC(=O)N1CCCC(c2cccc(C(=O)N3CCN(C)CC3)c2)C1. The van der Waals surface area contributed by atoms with Gasteiger partial charge < -0.3 is 20.0 Å². The Kier molecular flexibility index (Phi) is 6.37. The summed E-state index contributed by atoms with van der Waals surface area (Å²) in [6.07, 6.45) is 2.05. The van der Waals surface area contributed by atoms with Crippen molar-refractivity contribution in [1.29, 1.82) is 0 Å². The monoisotopic (exact) mass is 372 g/mol. The number of nitrogens with one attached hydrogen (secondary N) is 1. The lowest BCUT2D eigenvalue weighted by Gasteiger charge is -2.34. The maximum absolute atomic E-state index is 12.9. The number of hydrogen-bond donors (Lipinski definition) is 1. The fourth-order valence-electron chi connectivity index (χ4n) is 3.89. The normalized spacial score (nSPS) is 21.4. The van der Waals surface area contributed by atoms with Gasteiger partial charge in [-0.3, -0.25) is 4.79 Å². The minimum Gasteiger partial charge on any atom is -0.336 e. The van der Waals surface area contributed by atoms with E-state index in [2.05, 4.69) is 23.3 Å². The van der Waals surface area contributed by atoms with Crippen molar-refractivity contribution >= 4 is 11.9 Å². The van der Waals surface area contributed by atoms with Gasteiger partial charge in [0, 0.05) is 56.8 Å². The van der Waals surface area contributed by atoms with Crippen LogP contribution in [0.25, 0.3) is 0 Å². The topological polar surface area (TPSA) is 55.9 Å². The maximum atomic E-state index is 12.9. The molecule has 1 aromatic rings. The molecule has 0 saturated carbocycles. The molecule has 148 valence electrons. The minimum atomic E-state index is 0.0133. The van der Waals surface area contributed by atoms with Gasteiger partial charge in [-0.25, -0.2) is 4.79 Å². The highest BCUT2D eigenvalue weighted by molar-refractivity contribution is 5.94. The molecule has 1 aromatic carbocycles. The zero-order valence-corrected chi connectivity index (χ0v) is 16.8. The summed E-state index contributed by atoms with van der Waals surface area (Å²) in [6, 6.07) is 8.17. The highest BCUT2D eigenvalue weighted by Gasteiger charge is 2.26. The van der Waals surface area contributed by atoms with E-state index in [0.29, 0.717) is 6.54 Å². The molecule has 6 nitrogen and oxygen atoms in total. The zero-order chi connectivity index (χ0) is 19.4. The first-order chi connectivity index (χ1) is 12.9. The quantitative estimate of drug-likeness (QED) is 0.886. The van der Waals surface area contributed by atoms with Crippen molar-refractivity contribution in [2.75, 3.05) is 46.3 Å². The first-order valence-electron chi connectivity index (χ1n) is 10.1. The predicted molar refractivity (Wildman–Crippen MR) is 107 cm³/mol. The summed E-state index contributed by atoms with van der Waals surface area (Å²) < 4.78 is 0. The van der Waals surface area contributed by atoms with Gasteiger partial charge in [-0.05, 0) is 51.4 Å². The average Bonchev–Trinajstić information content (AvgIpc) is 2.68. The van der Waals surface area contributed by atoms with E-state index in [0.717, 1.165) is 56.7 Å². The number of nitrogens with zero attached hydrogens (tertiary/aromatic N) is 3. The van der Waals surface area contributed by atoms with Crippen LogP contribution in [0.5, 0.6) is 0 Å². The molecule has 0 aliphatic carbocycles. The number of piperazine rings is 1. The van der Waals surface area contributed by atoms with Gasteiger partial charge in [0.1, 0.15) is 0 Å². The molecule has 0 radical (unpaired) electrons. The van der Waals surface area contributed by atoms with Crippen LogP contribution in [0.3, 0.4) is 0 Å². The Bertz CT molecular complexity index is 668. The number of carbonyl (C=O) groups is 2. The largest absolute Gasteiger partial charge is 0.336 e. The number of piperidine rings is 1. The second-order valence-electron chi connectivity index (χ2n) is 8.11. The molecule has 3 rings (SSSR count). The van der Waals surface area contributed by atoms with E-state index in [1.54, 1.807) is 0 Å². The van der Waals surface area contributed by atoms with E-state index in [1.165, 1.54) is 0 Å². The molecular formula is C21H32N4O2. The van der Waals surface area contributed by atoms with Gasteiger partial charge in [0.05, 0.1) is 0 Å². The van der Waals surface area contributed by atoms with Gasteiger partial charge in [-0.2, -0.15) is 0 Å². The lowest BCUT2D eigenvalue weighted by molar-refractivity contribution is 0.0664. The summed E-state index contributed by atoms with van der Waals surface area (Å²) >= 11 is 0. The van der Waals surface area contributed by atoms with Crippen molar-refractivity contribution in [2.24, 2.45) is 0 Å². The van der Waals surface area contributed by atoms with E-state index < -0.39 is 0 Å². The van der Waals surface area contributed by atoms with Crippen LogP contribution in [0.15, 0.2) is 24.3 Å².